The highest BCUT2D eigenvalue weighted by atomic mass is 16.5. The van der Waals surface area contributed by atoms with Crippen LogP contribution in [0.5, 0.6) is 5.75 Å². The number of carboxylic acid groups (broad SMARTS) is 1. The van der Waals surface area contributed by atoms with Crippen LogP contribution in [0.2, 0.25) is 0 Å². The lowest BCUT2D eigenvalue weighted by molar-refractivity contribution is -0.116. The number of aromatic carboxylic acids is 1. The third-order valence-electron chi connectivity index (χ3n) is 4.72. The molecule has 0 heterocycles. The molecule has 30 heavy (non-hydrogen) atoms. The first-order chi connectivity index (χ1) is 14.1. The summed E-state index contributed by atoms with van der Waals surface area (Å²) in [5.41, 5.74) is 2.68. The predicted molar refractivity (Wildman–Crippen MR) is 116 cm³/mol. The number of anilines is 1. The lowest BCUT2D eigenvalue weighted by Crippen LogP contribution is -2.31. The van der Waals surface area contributed by atoms with Crippen LogP contribution < -0.4 is 9.64 Å². The van der Waals surface area contributed by atoms with Gasteiger partial charge >= 0.3 is 5.97 Å². The summed E-state index contributed by atoms with van der Waals surface area (Å²) in [6, 6.07) is 11.5. The van der Waals surface area contributed by atoms with Gasteiger partial charge in [-0.15, -0.1) is 0 Å². The van der Waals surface area contributed by atoms with Crippen LogP contribution in [-0.2, 0) is 10.2 Å². The number of benzene rings is 2. The van der Waals surface area contributed by atoms with Gasteiger partial charge in [0, 0.05) is 24.7 Å². The molecule has 0 aliphatic carbocycles. The van der Waals surface area contributed by atoms with Crippen LogP contribution in [0.25, 0.3) is 0 Å². The Balaban J connectivity index is 2.31. The number of oxime groups is 1. The number of nitrogens with zero attached hydrogens (tertiary/aromatic N) is 2. The maximum Gasteiger partial charge on any atom is 0.335 e. The van der Waals surface area contributed by atoms with Gasteiger partial charge in [-0.05, 0) is 54.3 Å². The molecule has 0 saturated heterocycles. The molecule has 160 valence electrons. The SMILES string of the molecule is CCN(C(C)=O)c1ccc(/C(COc2ccc(C(=O)O)cc2)=N/O)cc1C(C)(C)C. The molecule has 0 unspecified atom stereocenters. The number of amides is 1. The number of carbonyl (C=O) groups is 2. The number of hydrogen-bond donors (Lipinski definition) is 2. The Morgan fingerprint density at radius 3 is 2.13 bits per heavy atom. The van der Waals surface area contributed by atoms with E-state index in [1.165, 1.54) is 19.1 Å². The zero-order valence-corrected chi connectivity index (χ0v) is 18.0. The molecular weight excluding hydrogens is 384 g/mol. The van der Waals surface area contributed by atoms with Crippen LogP contribution in [-0.4, -0.2) is 41.1 Å². The summed E-state index contributed by atoms with van der Waals surface area (Å²) in [5.74, 6) is -0.594. The summed E-state index contributed by atoms with van der Waals surface area (Å²) in [7, 11) is 0. The lowest BCUT2D eigenvalue weighted by Gasteiger charge is -2.29. The Morgan fingerprint density at radius 2 is 1.67 bits per heavy atom. The van der Waals surface area contributed by atoms with Crippen LogP contribution in [0.1, 0.15) is 56.1 Å². The van der Waals surface area contributed by atoms with Crippen LogP contribution in [0, 0.1) is 0 Å². The Bertz CT molecular complexity index is 943. The highest BCUT2D eigenvalue weighted by Gasteiger charge is 2.24. The van der Waals surface area contributed by atoms with Crippen molar-refractivity contribution < 1.29 is 24.6 Å². The molecular formula is C23H28N2O5. The average Bonchev–Trinajstić information content (AvgIpc) is 2.69. The van der Waals surface area contributed by atoms with E-state index in [1.807, 2.05) is 19.1 Å². The molecule has 0 bridgehead atoms. The predicted octanol–water partition coefficient (Wildman–Crippen LogP) is 4.31. The molecule has 0 saturated carbocycles. The van der Waals surface area contributed by atoms with Crippen molar-refractivity contribution >= 4 is 23.3 Å². The van der Waals surface area contributed by atoms with Crippen molar-refractivity contribution in [2.75, 3.05) is 18.1 Å². The van der Waals surface area contributed by atoms with Gasteiger partial charge in [-0.25, -0.2) is 4.79 Å². The normalized spacial score (nSPS) is 11.8. The first-order valence-electron chi connectivity index (χ1n) is 9.68. The van der Waals surface area contributed by atoms with Gasteiger partial charge in [-0.3, -0.25) is 4.79 Å². The van der Waals surface area contributed by atoms with Crippen molar-refractivity contribution in [1.29, 1.82) is 0 Å². The second-order valence-corrected chi connectivity index (χ2v) is 7.91. The number of carbonyl (C=O) groups excluding carboxylic acids is 1. The number of ether oxygens (including phenoxy) is 1. The fourth-order valence-electron chi connectivity index (χ4n) is 3.13. The maximum atomic E-state index is 12.1. The van der Waals surface area contributed by atoms with Crippen LogP contribution in [0.3, 0.4) is 0 Å². The van der Waals surface area contributed by atoms with E-state index >= 15 is 0 Å². The smallest absolute Gasteiger partial charge is 0.335 e. The summed E-state index contributed by atoms with van der Waals surface area (Å²) < 4.78 is 5.66. The molecule has 1 amide bonds. The molecule has 0 fully saturated rings. The van der Waals surface area contributed by atoms with Gasteiger partial charge in [0.2, 0.25) is 5.91 Å². The molecule has 0 aromatic heterocycles. The van der Waals surface area contributed by atoms with Crippen molar-refractivity contribution in [1.82, 2.24) is 0 Å². The maximum absolute atomic E-state index is 12.1. The Kier molecular flexibility index (Phi) is 7.21. The van der Waals surface area contributed by atoms with E-state index in [1.54, 1.807) is 23.1 Å². The second-order valence-electron chi connectivity index (χ2n) is 7.91. The molecule has 0 spiro atoms. The zero-order chi connectivity index (χ0) is 22.5. The van der Waals surface area contributed by atoms with Crippen molar-refractivity contribution in [2.45, 2.75) is 40.0 Å². The monoisotopic (exact) mass is 412 g/mol. The van der Waals surface area contributed by atoms with Crippen molar-refractivity contribution in [2.24, 2.45) is 5.16 Å². The lowest BCUT2D eigenvalue weighted by atomic mass is 9.84. The first-order valence-corrected chi connectivity index (χ1v) is 9.68. The summed E-state index contributed by atoms with van der Waals surface area (Å²) in [4.78, 5) is 24.7. The highest BCUT2D eigenvalue weighted by molar-refractivity contribution is 6.02. The Morgan fingerprint density at radius 1 is 1.07 bits per heavy atom. The van der Waals surface area contributed by atoms with Crippen LogP contribution in [0.15, 0.2) is 47.6 Å². The van der Waals surface area contributed by atoms with E-state index in [4.69, 9.17) is 9.84 Å². The molecule has 2 aromatic rings. The molecule has 2 N–H and O–H groups in total. The minimum absolute atomic E-state index is 0.00392. The van der Waals surface area contributed by atoms with E-state index in [0.717, 1.165) is 11.3 Å². The van der Waals surface area contributed by atoms with E-state index in [9.17, 15) is 14.8 Å². The molecule has 0 radical (unpaired) electrons. The molecule has 2 rings (SSSR count). The van der Waals surface area contributed by atoms with E-state index in [2.05, 4.69) is 25.9 Å². The van der Waals surface area contributed by atoms with Crippen molar-refractivity contribution in [3.8, 4) is 5.75 Å². The number of rotatable bonds is 7. The van der Waals surface area contributed by atoms with Gasteiger partial charge in [0.25, 0.3) is 0 Å². The third-order valence-corrected chi connectivity index (χ3v) is 4.72. The molecule has 0 aliphatic rings. The minimum Gasteiger partial charge on any atom is -0.487 e. The van der Waals surface area contributed by atoms with Gasteiger partial charge in [0.15, 0.2) is 0 Å². The highest BCUT2D eigenvalue weighted by Crippen LogP contribution is 2.33. The quantitative estimate of drug-likeness (QED) is 0.401. The van der Waals surface area contributed by atoms with Crippen LogP contribution in [0.4, 0.5) is 5.69 Å². The molecule has 0 aliphatic heterocycles. The van der Waals surface area contributed by atoms with Gasteiger partial charge in [-0.2, -0.15) is 0 Å². The average molecular weight is 412 g/mol. The molecule has 7 nitrogen and oxygen atoms in total. The largest absolute Gasteiger partial charge is 0.487 e. The third kappa shape index (κ3) is 5.37. The summed E-state index contributed by atoms with van der Waals surface area (Å²) in [5, 5.41) is 21.9. The van der Waals surface area contributed by atoms with Crippen LogP contribution >= 0.6 is 0 Å². The molecule has 7 heteroatoms. The van der Waals surface area contributed by atoms with Crippen molar-refractivity contribution in [3.05, 3.63) is 59.2 Å². The standard InChI is InChI=1S/C23H28N2O5/c1-6-25(15(2)26)21-12-9-17(13-19(21)23(3,4)5)20(24-29)14-30-18-10-7-16(8-11-18)22(27)28/h7-13,29H,6,14H2,1-5H3,(H,27,28)/b24-20+. The zero-order valence-electron chi connectivity index (χ0n) is 18.0. The fraction of sp³-hybridized carbons (Fsp3) is 0.348. The summed E-state index contributed by atoms with van der Waals surface area (Å²) in [6.45, 7) is 10.2. The van der Waals surface area contributed by atoms with E-state index in [0.29, 0.717) is 23.6 Å². The Hall–Kier alpha value is -3.35. The van der Waals surface area contributed by atoms with E-state index < -0.39 is 5.97 Å². The van der Waals surface area contributed by atoms with Gasteiger partial charge in [-0.1, -0.05) is 32.0 Å². The minimum atomic E-state index is -1.01. The summed E-state index contributed by atoms with van der Waals surface area (Å²) >= 11 is 0. The molecule has 0 atom stereocenters. The first kappa shape index (κ1) is 22.9. The number of carboxylic acids is 1. The van der Waals surface area contributed by atoms with Gasteiger partial charge in [0.1, 0.15) is 18.1 Å². The van der Waals surface area contributed by atoms with E-state index in [-0.39, 0.29) is 23.5 Å². The molecule has 2 aromatic carbocycles. The fourth-order valence-corrected chi connectivity index (χ4v) is 3.13. The van der Waals surface area contributed by atoms with Crippen molar-refractivity contribution in [3.63, 3.8) is 0 Å². The van der Waals surface area contributed by atoms with Gasteiger partial charge < -0.3 is 20.0 Å². The second kappa shape index (κ2) is 9.43. The Labute approximate surface area is 176 Å². The van der Waals surface area contributed by atoms with Gasteiger partial charge in [0.05, 0.1) is 5.56 Å². The number of hydrogen-bond acceptors (Lipinski definition) is 5. The summed E-state index contributed by atoms with van der Waals surface area (Å²) in [6.07, 6.45) is 0. The topological polar surface area (TPSA) is 99.4 Å².